The van der Waals surface area contributed by atoms with E-state index in [-0.39, 0.29) is 17.5 Å². The molecule has 1 aromatic rings. The van der Waals surface area contributed by atoms with E-state index in [0.29, 0.717) is 0 Å². The molecule has 4 rings (SSSR count). The minimum absolute atomic E-state index is 0.170. The number of primary amides is 1. The first-order valence-electron chi connectivity index (χ1n) is 9.97. The standard InChI is InChI=1S/C22H24N2O8/c1-21(31)8-5-4-6-11(25)12(8)16(26)13-9(21)7-10-15(24(2)3)17(27)14(20(23)30)19(29)22(10,32)18(13)28/h4-6,9-10,15,25-26,29,31-32H,7H2,1-3H3,(H2,23,30)/t9-,10+,15+,21-,22+/m1/s1. The van der Waals surface area contributed by atoms with E-state index in [2.05, 4.69) is 0 Å². The van der Waals surface area contributed by atoms with Gasteiger partial charge >= 0.3 is 0 Å². The summed E-state index contributed by atoms with van der Waals surface area (Å²) in [5.74, 6) is -7.90. The van der Waals surface area contributed by atoms with Gasteiger partial charge < -0.3 is 31.3 Å². The topological polar surface area (TPSA) is 182 Å². The number of aliphatic hydroxyl groups excluding tert-OH is 2. The molecule has 0 aliphatic heterocycles. The van der Waals surface area contributed by atoms with E-state index >= 15 is 0 Å². The van der Waals surface area contributed by atoms with Gasteiger partial charge in [-0.15, -0.1) is 0 Å². The van der Waals surface area contributed by atoms with Gasteiger partial charge in [0.05, 0.1) is 17.2 Å². The number of phenols is 1. The highest BCUT2D eigenvalue weighted by atomic mass is 16.3. The molecule has 0 saturated heterocycles. The van der Waals surface area contributed by atoms with Crippen molar-refractivity contribution in [2.75, 3.05) is 14.1 Å². The monoisotopic (exact) mass is 444 g/mol. The number of hydrogen-bond acceptors (Lipinski definition) is 9. The molecule has 3 aliphatic rings. The second-order valence-electron chi connectivity index (χ2n) is 8.96. The second-order valence-corrected chi connectivity index (χ2v) is 8.96. The Morgan fingerprint density at radius 2 is 1.78 bits per heavy atom. The van der Waals surface area contributed by atoms with Crippen LogP contribution in [0.4, 0.5) is 0 Å². The number of hydrogen-bond donors (Lipinski definition) is 6. The molecule has 1 fully saturated rings. The summed E-state index contributed by atoms with van der Waals surface area (Å²) in [5, 5.41) is 54.9. The average Bonchev–Trinajstić information content (AvgIpc) is 2.68. The van der Waals surface area contributed by atoms with Crippen LogP contribution < -0.4 is 5.73 Å². The second kappa shape index (κ2) is 6.64. The molecule has 10 heteroatoms. The normalized spacial score (nSPS) is 34.4. The van der Waals surface area contributed by atoms with E-state index in [1.54, 1.807) is 0 Å². The maximum absolute atomic E-state index is 13.7. The summed E-state index contributed by atoms with van der Waals surface area (Å²) in [6.07, 6.45) is -0.200. The lowest BCUT2D eigenvalue weighted by Crippen LogP contribution is -2.67. The van der Waals surface area contributed by atoms with Crippen molar-refractivity contribution in [3.05, 3.63) is 46.2 Å². The van der Waals surface area contributed by atoms with Crippen LogP contribution in [0.15, 0.2) is 35.1 Å². The van der Waals surface area contributed by atoms with E-state index in [1.165, 1.54) is 44.1 Å². The molecule has 1 amide bonds. The molecule has 32 heavy (non-hydrogen) atoms. The number of amides is 1. The summed E-state index contributed by atoms with van der Waals surface area (Å²) in [5.41, 5.74) is -0.548. The zero-order chi connectivity index (χ0) is 23.9. The minimum atomic E-state index is -2.75. The van der Waals surface area contributed by atoms with Gasteiger partial charge in [-0.05, 0) is 39.1 Å². The van der Waals surface area contributed by atoms with Gasteiger partial charge in [0, 0.05) is 17.4 Å². The average molecular weight is 444 g/mol. The molecule has 170 valence electrons. The lowest BCUT2D eigenvalue weighted by atomic mass is 9.54. The van der Waals surface area contributed by atoms with Crippen LogP contribution in [0.2, 0.25) is 0 Å². The van der Waals surface area contributed by atoms with Crippen LogP contribution in [-0.4, -0.2) is 73.6 Å². The zero-order valence-corrected chi connectivity index (χ0v) is 17.7. The highest BCUT2D eigenvalue weighted by Gasteiger charge is 2.66. The Balaban J connectivity index is 2.05. The van der Waals surface area contributed by atoms with Crippen LogP contribution in [0, 0.1) is 11.8 Å². The van der Waals surface area contributed by atoms with Crippen molar-refractivity contribution >= 4 is 23.2 Å². The molecular formula is C22H24N2O8. The summed E-state index contributed by atoms with van der Waals surface area (Å²) >= 11 is 0. The number of aliphatic hydroxyl groups is 4. The molecule has 5 atom stereocenters. The van der Waals surface area contributed by atoms with Crippen LogP contribution in [-0.2, 0) is 20.0 Å². The molecular weight excluding hydrogens is 420 g/mol. The molecule has 7 N–H and O–H groups in total. The summed E-state index contributed by atoms with van der Waals surface area (Å²) in [6, 6.07) is 3.02. The number of carbonyl (C=O) groups excluding carboxylic acids is 3. The van der Waals surface area contributed by atoms with Crippen LogP contribution in [0.5, 0.6) is 5.75 Å². The Kier molecular flexibility index (Phi) is 4.57. The lowest BCUT2D eigenvalue weighted by Gasteiger charge is -2.53. The van der Waals surface area contributed by atoms with Crippen molar-refractivity contribution in [2.24, 2.45) is 17.6 Å². The quantitative estimate of drug-likeness (QED) is 0.332. The van der Waals surface area contributed by atoms with E-state index in [0.717, 1.165) is 0 Å². The molecule has 0 radical (unpaired) electrons. The number of aromatic hydroxyl groups is 1. The minimum Gasteiger partial charge on any atom is -0.508 e. The maximum Gasteiger partial charge on any atom is 0.255 e. The smallest absolute Gasteiger partial charge is 0.255 e. The molecule has 10 nitrogen and oxygen atoms in total. The van der Waals surface area contributed by atoms with Gasteiger partial charge in [-0.1, -0.05) is 12.1 Å². The number of benzene rings is 1. The molecule has 0 heterocycles. The zero-order valence-electron chi connectivity index (χ0n) is 17.7. The Bertz CT molecular complexity index is 1150. The van der Waals surface area contributed by atoms with Crippen LogP contribution in [0.1, 0.15) is 24.5 Å². The van der Waals surface area contributed by atoms with Crippen molar-refractivity contribution < 1.29 is 39.9 Å². The molecule has 0 spiro atoms. The van der Waals surface area contributed by atoms with Crippen molar-refractivity contribution in [3.8, 4) is 5.75 Å². The van der Waals surface area contributed by atoms with E-state index in [9.17, 15) is 39.9 Å². The van der Waals surface area contributed by atoms with Gasteiger partial charge in [0.15, 0.2) is 11.4 Å². The van der Waals surface area contributed by atoms with Gasteiger partial charge in [0.2, 0.25) is 5.78 Å². The van der Waals surface area contributed by atoms with Gasteiger partial charge in [0.1, 0.15) is 22.8 Å². The van der Waals surface area contributed by atoms with Crippen molar-refractivity contribution in [1.29, 1.82) is 0 Å². The van der Waals surface area contributed by atoms with Gasteiger partial charge in [-0.2, -0.15) is 0 Å². The summed E-state index contributed by atoms with van der Waals surface area (Å²) in [4.78, 5) is 40.0. The molecule has 0 bridgehead atoms. The number of rotatable bonds is 2. The van der Waals surface area contributed by atoms with Gasteiger partial charge in [0.25, 0.3) is 5.91 Å². The van der Waals surface area contributed by atoms with E-state index in [1.807, 2.05) is 0 Å². The first kappa shape index (κ1) is 22.0. The number of likely N-dealkylation sites (N-methyl/N-ethyl adjacent to an activating group) is 1. The Morgan fingerprint density at radius 1 is 1.16 bits per heavy atom. The number of fused-ring (bicyclic) bond motifs is 3. The summed E-state index contributed by atoms with van der Waals surface area (Å²) in [6.45, 7) is 1.40. The lowest BCUT2D eigenvalue weighted by molar-refractivity contribution is -0.159. The number of carbonyl (C=O) groups is 3. The molecule has 3 aliphatic carbocycles. The number of ketones is 2. The Labute approximate surface area is 182 Å². The fraction of sp³-hybridized carbons (Fsp3) is 0.409. The fourth-order valence-corrected chi connectivity index (χ4v) is 5.50. The largest absolute Gasteiger partial charge is 0.508 e. The summed E-state index contributed by atoms with van der Waals surface area (Å²) in [7, 11) is 3.01. The predicted molar refractivity (Wildman–Crippen MR) is 110 cm³/mol. The van der Waals surface area contributed by atoms with Gasteiger partial charge in [-0.3, -0.25) is 19.3 Å². The third-order valence-corrected chi connectivity index (χ3v) is 7.02. The molecule has 0 unspecified atom stereocenters. The van der Waals surface area contributed by atoms with Crippen molar-refractivity contribution in [3.63, 3.8) is 0 Å². The van der Waals surface area contributed by atoms with E-state index < -0.39 is 75.0 Å². The van der Waals surface area contributed by atoms with E-state index in [4.69, 9.17) is 5.73 Å². The first-order chi connectivity index (χ1) is 14.8. The molecule has 1 aromatic carbocycles. The fourth-order valence-electron chi connectivity index (χ4n) is 5.50. The number of nitrogens with two attached hydrogens (primary N) is 1. The number of nitrogens with zero attached hydrogens (tertiary/aromatic N) is 1. The molecule has 0 aromatic heterocycles. The third-order valence-electron chi connectivity index (χ3n) is 7.02. The van der Waals surface area contributed by atoms with Crippen LogP contribution >= 0.6 is 0 Å². The van der Waals surface area contributed by atoms with Crippen molar-refractivity contribution in [1.82, 2.24) is 4.90 Å². The van der Waals surface area contributed by atoms with Crippen LogP contribution in [0.3, 0.4) is 0 Å². The van der Waals surface area contributed by atoms with Gasteiger partial charge in [-0.25, -0.2) is 0 Å². The number of phenolic OH excluding ortho intramolecular Hbond substituents is 1. The molecule has 1 saturated carbocycles. The summed E-state index contributed by atoms with van der Waals surface area (Å²) < 4.78 is 0. The highest BCUT2D eigenvalue weighted by Crippen LogP contribution is 2.57. The third kappa shape index (κ3) is 2.48. The Hall–Kier alpha value is -3.21. The van der Waals surface area contributed by atoms with Crippen LogP contribution in [0.25, 0.3) is 5.76 Å². The predicted octanol–water partition coefficient (Wildman–Crippen LogP) is -0.371. The number of Topliss-reactive ketones (excluding diaryl/α,β-unsaturated/α-hetero) is 2. The van der Waals surface area contributed by atoms with Crippen molar-refractivity contribution in [2.45, 2.75) is 30.6 Å². The Morgan fingerprint density at radius 3 is 2.34 bits per heavy atom. The SMILES string of the molecule is CN(C)[C@@H]1C(=O)C(C(N)=O)=C(O)[C@@]2(O)C(=O)C3=C(O)c4c(O)cccc4[C@@](C)(O)[C@@H]3C[C@@H]12. The highest BCUT2D eigenvalue weighted by molar-refractivity contribution is 6.24. The maximum atomic E-state index is 13.7. The first-order valence-corrected chi connectivity index (χ1v) is 9.97.